The zero-order chi connectivity index (χ0) is 33.0. The molecular weight excluding hydrogens is 723 g/mol. The Labute approximate surface area is 267 Å². The van der Waals surface area contributed by atoms with Crippen LogP contribution in [0.1, 0.15) is 42.9 Å². The second kappa shape index (κ2) is 12.2. The van der Waals surface area contributed by atoms with Gasteiger partial charge in [0.15, 0.2) is 11.5 Å². The first kappa shape index (κ1) is 33.3. The quantitative estimate of drug-likeness (QED) is 0.141. The number of allylic oxidation sites excluding steroid dienone is 1. The highest BCUT2D eigenvalue weighted by molar-refractivity contribution is 14.1. The highest BCUT2D eigenvalue weighted by atomic mass is 127. The molecule has 2 aromatic carbocycles. The van der Waals surface area contributed by atoms with E-state index in [1.54, 1.807) is 12.1 Å². The van der Waals surface area contributed by atoms with Gasteiger partial charge in [-0.25, -0.2) is 4.90 Å². The fraction of sp³-hybridized carbons (Fsp3) is 0.419. The van der Waals surface area contributed by atoms with Crippen LogP contribution in [0, 0.1) is 21.3 Å². The molecule has 0 saturated carbocycles. The first-order valence-corrected chi connectivity index (χ1v) is 15.0. The van der Waals surface area contributed by atoms with Crippen LogP contribution in [-0.2, 0) is 26.7 Å². The van der Waals surface area contributed by atoms with Gasteiger partial charge in [0.25, 0.3) is 0 Å². The number of rotatable bonds is 7. The minimum absolute atomic E-state index is 0.00400. The van der Waals surface area contributed by atoms with Crippen LogP contribution < -0.4 is 9.64 Å². The van der Waals surface area contributed by atoms with Crippen molar-refractivity contribution in [1.29, 1.82) is 0 Å². The van der Waals surface area contributed by atoms with Crippen LogP contribution in [0.25, 0.3) is 6.08 Å². The van der Waals surface area contributed by atoms with E-state index >= 15 is 0 Å². The van der Waals surface area contributed by atoms with Crippen LogP contribution >= 0.6 is 22.6 Å². The number of aliphatic hydroxyl groups excluding tert-OH is 1. The largest absolute Gasteiger partial charge is 0.504 e. The Hall–Kier alpha value is -3.11. The number of imide groups is 1. The van der Waals surface area contributed by atoms with Crippen molar-refractivity contribution in [1.82, 2.24) is 0 Å². The van der Waals surface area contributed by atoms with Crippen molar-refractivity contribution in [2.75, 3.05) is 25.2 Å². The van der Waals surface area contributed by atoms with E-state index in [0.717, 1.165) is 11.1 Å². The molecule has 2 N–H and O–H groups in total. The van der Waals surface area contributed by atoms with Gasteiger partial charge < -0.3 is 19.7 Å². The van der Waals surface area contributed by atoms with E-state index in [0.29, 0.717) is 50.3 Å². The van der Waals surface area contributed by atoms with Crippen LogP contribution in [0.3, 0.4) is 0 Å². The molecule has 2 heterocycles. The lowest BCUT2D eigenvalue weighted by atomic mass is 9.69. The van der Waals surface area contributed by atoms with Crippen molar-refractivity contribution < 1.29 is 55.6 Å². The van der Waals surface area contributed by atoms with Crippen LogP contribution in [0.15, 0.2) is 47.1 Å². The van der Waals surface area contributed by atoms with E-state index in [9.17, 15) is 46.1 Å². The van der Waals surface area contributed by atoms with E-state index in [-0.39, 0.29) is 24.8 Å². The number of hydrogen-bond donors (Lipinski definition) is 2. The predicted molar refractivity (Wildman–Crippen MR) is 158 cm³/mol. The zero-order valence-electron chi connectivity index (χ0n) is 23.9. The summed E-state index contributed by atoms with van der Waals surface area (Å²) in [5, 5.41) is 20.3. The second-order valence-electron chi connectivity index (χ2n) is 11.3. The molecule has 1 aliphatic carbocycles. The zero-order valence-corrected chi connectivity index (χ0v) is 26.1. The van der Waals surface area contributed by atoms with Gasteiger partial charge in [0.05, 0.1) is 58.6 Å². The van der Waals surface area contributed by atoms with Crippen LogP contribution in [0.4, 0.5) is 32.0 Å². The number of hydrogen-bond acceptors (Lipinski definition) is 6. The fourth-order valence-electron chi connectivity index (χ4n) is 6.49. The fourth-order valence-corrected chi connectivity index (χ4v) is 7.11. The van der Waals surface area contributed by atoms with Crippen molar-refractivity contribution >= 4 is 46.2 Å². The predicted octanol–water partition coefficient (Wildman–Crippen LogP) is 6.74. The summed E-state index contributed by atoms with van der Waals surface area (Å²) < 4.78 is 93.0. The number of ether oxygens (including phenoxy) is 2. The molecule has 2 saturated heterocycles. The first-order valence-electron chi connectivity index (χ1n) is 13.9. The number of aliphatic hydroxyl groups is 1. The molecule has 0 aromatic heterocycles. The molecule has 4 atom stereocenters. The van der Waals surface area contributed by atoms with Crippen LogP contribution in [0.2, 0.25) is 0 Å². The summed E-state index contributed by atoms with van der Waals surface area (Å²) in [5.41, 5.74) is -1.19. The van der Waals surface area contributed by atoms with Gasteiger partial charge in [-0.2, -0.15) is 26.3 Å². The molecule has 14 heteroatoms. The number of alkyl halides is 6. The topological polar surface area (TPSA) is 96.3 Å². The third-order valence-electron chi connectivity index (χ3n) is 8.51. The Balaban J connectivity index is 1.40. The third-order valence-corrected chi connectivity index (χ3v) is 9.34. The third kappa shape index (κ3) is 6.32. The Morgan fingerprint density at radius 2 is 1.69 bits per heavy atom. The summed E-state index contributed by atoms with van der Waals surface area (Å²) in [5.74, 6) is -4.24. The maximum Gasteiger partial charge on any atom is 0.416 e. The van der Waals surface area contributed by atoms with Gasteiger partial charge >= 0.3 is 12.4 Å². The maximum atomic E-state index is 13.7. The van der Waals surface area contributed by atoms with Gasteiger partial charge in [0.1, 0.15) is 0 Å². The molecule has 0 bridgehead atoms. The van der Waals surface area contributed by atoms with E-state index in [1.807, 2.05) is 35.6 Å². The molecule has 2 amide bonds. The van der Waals surface area contributed by atoms with E-state index < -0.39 is 71.4 Å². The molecule has 2 aromatic rings. The molecule has 0 unspecified atom stereocenters. The Morgan fingerprint density at radius 1 is 1.04 bits per heavy atom. The second-order valence-corrected chi connectivity index (χ2v) is 12.5. The normalized spacial score (nSPS) is 24.0. The van der Waals surface area contributed by atoms with Gasteiger partial charge in [-0.05, 0) is 95.8 Å². The minimum Gasteiger partial charge on any atom is -0.504 e. The number of methoxy groups -OCH3 is 1. The van der Waals surface area contributed by atoms with E-state index in [1.165, 1.54) is 7.11 Å². The summed E-state index contributed by atoms with van der Waals surface area (Å²) in [7, 11) is 1.45. The Kier molecular flexibility index (Phi) is 9.05. The standard InChI is InChI=1S/C31H28F6INO6/c1-14(5-15-6-22(38)27(41)24(7-15)44-2)3-4-23-25-16(12-40)8-20-26(21(25)13-45-23)29(43)39(28(20)42)19-10-17(30(32,33)34)9-18(11-19)31(35,36)37/h5-7,9-11,20-21,23,26,40-41H,3-4,8,12-13H2,1-2H3/b14-5+/t20-,21+,23-,26-/m1/s1. The molecule has 0 spiro atoms. The monoisotopic (exact) mass is 751 g/mol. The average Bonchev–Trinajstić information content (AvgIpc) is 3.50. The van der Waals surface area contributed by atoms with Gasteiger partial charge in [0.2, 0.25) is 11.8 Å². The summed E-state index contributed by atoms with van der Waals surface area (Å²) in [6.45, 7) is 1.46. The Morgan fingerprint density at radius 3 is 2.27 bits per heavy atom. The van der Waals surface area contributed by atoms with Gasteiger partial charge in [0, 0.05) is 5.92 Å². The number of amides is 2. The number of carbonyl (C=O) groups excluding carboxylic acids is 2. The van der Waals surface area contributed by atoms with Gasteiger partial charge in [-0.1, -0.05) is 11.6 Å². The molecule has 0 radical (unpaired) electrons. The molecule has 7 nitrogen and oxygen atoms in total. The number of fused-ring (bicyclic) bond motifs is 3. The van der Waals surface area contributed by atoms with Crippen molar-refractivity contribution in [3.63, 3.8) is 0 Å². The number of benzene rings is 2. The summed E-state index contributed by atoms with van der Waals surface area (Å²) in [6.07, 6.45) is -7.99. The van der Waals surface area contributed by atoms with Crippen LogP contribution in [0.5, 0.6) is 11.5 Å². The van der Waals surface area contributed by atoms with Crippen molar-refractivity contribution in [3.05, 3.63) is 67.3 Å². The number of nitrogens with zero attached hydrogens (tertiary/aromatic N) is 1. The van der Waals surface area contributed by atoms with Crippen LogP contribution in [-0.4, -0.2) is 48.5 Å². The first-order chi connectivity index (χ1) is 21.0. The molecule has 2 aliphatic heterocycles. The van der Waals surface area contributed by atoms with Gasteiger partial charge in [-0.15, -0.1) is 0 Å². The molecule has 3 aliphatic rings. The van der Waals surface area contributed by atoms with E-state index in [2.05, 4.69) is 0 Å². The SMILES string of the molecule is COc1cc(/C=C(\C)CC[C@H]2OC[C@H]3C2=C(CO)C[C@H]2C(=O)N(c4cc(C(F)(F)F)cc(C(F)(F)F)c4)C(=O)[C@H]23)cc(I)c1O. The number of phenolic OH excluding ortho intramolecular Hbond substituents is 1. The Bertz CT molecular complexity index is 1570. The average molecular weight is 751 g/mol. The maximum absolute atomic E-state index is 13.7. The highest BCUT2D eigenvalue weighted by Gasteiger charge is 2.57. The number of halogens is 7. The van der Waals surface area contributed by atoms with E-state index in [4.69, 9.17) is 9.47 Å². The number of phenols is 1. The molecular formula is C31H28F6INO6. The number of carbonyl (C=O) groups is 2. The number of anilines is 1. The minimum atomic E-state index is -5.15. The lowest BCUT2D eigenvalue weighted by molar-refractivity contribution is -0.143. The van der Waals surface area contributed by atoms with Crippen molar-refractivity contribution in [2.24, 2.45) is 17.8 Å². The molecule has 5 rings (SSSR count). The highest BCUT2D eigenvalue weighted by Crippen LogP contribution is 2.51. The lowest BCUT2D eigenvalue weighted by Crippen LogP contribution is -2.35. The summed E-state index contributed by atoms with van der Waals surface area (Å²) >= 11 is 1.99. The molecule has 45 heavy (non-hydrogen) atoms. The van der Waals surface area contributed by atoms with Gasteiger partial charge in [-0.3, -0.25) is 9.59 Å². The smallest absolute Gasteiger partial charge is 0.416 e. The van der Waals surface area contributed by atoms with Crippen molar-refractivity contribution in [3.8, 4) is 11.5 Å². The number of aromatic hydroxyl groups is 1. The summed E-state index contributed by atoms with van der Waals surface area (Å²) in [6, 6.07) is 4.16. The lowest BCUT2D eigenvalue weighted by Gasteiger charge is -2.31. The molecule has 242 valence electrons. The van der Waals surface area contributed by atoms with Crippen molar-refractivity contribution in [2.45, 2.75) is 44.6 Å². The summed E-state index contributed by atoms with van der Waals surface area (Å²) in [4.78, 5) is 27.5. The molecule has 2 fully saturated rings.